The summed E-state index contributed by atoms with van der Waals surface area (Å²) >= 11 is 0. The fourth-order valence-electron chi connectivity index (χ4n) is 4.53. The van der Waals surface area contributed by atoms with E-state index in [1.807, 2.05) is 54.4 Å². The number of nitrogens with zero attached hydrogens (tertiary/aromatic N) is 4. The number of piperazine rings is 1. The van der Waals surface area contributed by atoms with Gasteiger partial charge in [-0.2, -0.15) is 0 Å². The third-order valence-electron chi connectivity index (χ3n) is 6.51. The number of para-hydroxylation sites is 1. The molecule has 5 rings (SSSR count). The van der Waals surface area contributed by atoms with Gasteiger partial charge in [-0.15, -0.1) is 0 Å². The number of amides is 1. The van der Waals surface area contributed by atoms with Gasteiger partial charge in [0.1, 0.15) is 17.2 Å². The predicted molar refractivity (Wildman–Crippen MR) is 128 cm³/mol. The number of ether oxygens (including phenoxy) is 3. The van der Waals surface area contributed by atoms with Crippen molar-refractivity contribution in [2.75, 3.05) is 38.8 Å². The average Bonchev–Trinajstić information content (AvgIpc) is 3.63. The fraction of sp³-hybridized carbons (Fsp3) is 0.346. The van der Waals surface area contributed by atoms with Crippen LogP contribution in [-0.2, 0) is 0 Å². The molecular formula is C26H28N4O4. The van der Waals surface area contributed by atoms with Gasteiger partial charge >= 0.3 is 0 Å². The van der Waals surface area contributed by atoms with Gasteiger partial charge in [0.25, 0.3) is 5.91 Å². The Hall–Kier alpha value is -3.81. The van der Waals surface area contributed by atoms with E-state index in [-0.39, 0.29) is 11.4 Å². The van der Waals surface area contributed by atoms with Crippen LogP contribution in [-0.4, -0.2) is 60.2 Å². The molecule has 2 aliphatic rings. The van der Waals surface area contributed by atoms with Crippen LogP contribution >= 0.6 is 0 Å². The lowest BCUT2D eigenvalue weighted by atomic mass is 10.1. The molecule has 2 fully saturated rings. The van der Waals surface area contributed by atoms with Gasteiger partial charge in [-0.25, -0.2) is 4.98 Å². The summed E-state index contributed by atoms with van der Waals surface area (Å²) in [6.45, 7) is 3.98. The zero-order valence-electron chi connectivity index (χ0n) is 19.7. The molecule has 0 bridgehead atoms. The zero-order valence-corrected chi connectivity index (χ0v) is 19.7. The number of aromatic nitrogens is 2. The van der Waals surface area contributed by atoms with Crippen molar-refractivity contribution >= 4 is 11.6 Å². The third kappa shape index (κ3) is 4.11. The van der Waals surface area contributed by atoms with E-state index in [2.05, 4.69) is 14.9 Å². The van der Waals surface area contributed by atoms with E-state index in [4.69, 9.17) is 14.2 Å². The largest absolute Gasteiger partial charge is 0.494 e. The first-order valence-electron chi connectivity index (χ1n) is 11.4. The smallest absolute Gasteiger partial charge is 0.273 e. The quantitative estimate of drug-likeness (QED) is 0.548. The molecule has 0 N–H and O–H groups in total. The van der Waals surface area contributed by atoms with E-state index in [1.165, 1.54) is 0 Å². The summed E-state index contributed by atoms with van der Waals surface area (Å²) in [6, 6.07) is 13.0. The van der Waals surface area contributed by atoms with Gasteiger partial charge in [0.05, 0.1) is 37.8 Å². The van der Waals surface area contributed by atoms with Crippen molar-refractivity contribution in [1.29, 1.82) is 0 Å². The van der Waals surface area contributed by atoms with Crippen LogP contribution in [0, 0.1) is 6.92 Å². The van der Waals surface area contributed by atoms with Gasteiger partial charge in [0, 0.05) is 37.5 Å². The summed E-state index contributed by atoms with van der Waals surface area (Å²) in [5.41, 5.74) is 2.04. The van der Waals surface area contributed by atoms with Gasteiger partial charge in [0.15, 0.2) is 11.5 Å². The molecule has 1 saturated carbocycles. The summed E-state index contributed by atoms with van der Waals surface area (Å²) in [4.78, 5) is 26.6. The fourth-order valence-corrected chi connectivity index (χ4v) is 4.53. The minimum absolute atomic E-state index is 0.0873. The van der Waals surface area contributed by atoms with E-state index in [0.29, 0.717) is 36.0 Å². The molecular weight excluding hydrogens is 432 g/mol. The van der Waals surface area contributed by atoms with Crippen LogP contribution in [0.4, 0.5) is 5.69 Å². The minimum atomic E-state index is -0.195. The highest BCUT2D eigenvalue weighted by molar-refractivity contribution is 5.94. The first kappa shape index (κ1) is 22.0. The van der Waals surface area contributed by atoms with Crippen molar-refractivity contribution < 1.29 is 19.0 Å². The highest BCUT2D eigenvalue weighted by Crippen LogP contribution is 2.46. The molecule has 8 heteroatoms. The van der Waals surface area contributed by atoms with Crippen molar-refractivity contribution in [2.24, 2.45) is 0 Å². The van der Waals surface area contributed by atoms with Gasteiger partial charge in [-0.1, -0.05) is 18.2 Å². The summed E-state index contributed by atoms with van der Waals surface area (Å²) in [5.74, 6) is 2.34. The van der Waals surface area contributed by atoms with Crippen LogP contribution in [0.1, 0.15) is 29.0 Å². The van der Waals surface area contributed by atoms with E-state index in [1.54, 1.807) is 26.5 Å². The molecule has 1 aliphatic carbocycles. The Labute approximate surface area is 199 Å². The van der Waals surface area contributed by atoms with Gasteiger partial charge < -0.3 is 24.0 Å². The minimum Gasteiger partial charge on any atom is -0.494 e. The third-order valence-corrected chi connectivity index (χ3v) is 6.51. The Kier molecular flexibility index (Phi) is 5.73. The lowest BCUT2D eigenvalue weighted by Crippen LogP contribution is -2.57. The Morgan fingerprint density at radius 1 is 0.941 bits per heavy atom. The highest BCUT2D eigenvalue weighted by Gasteiger charge is 2.53. The SMILES string of the molecule is COc1cc(C(=O)N2CCN(c3cnc(C)cc3OC)CC23CC3)ncc1Oc1ccccc1. The van der Waals surface area contributed by atoms with Crippen LogP contribution in [0.2, 0.25) is 0 Å². The van der Waals surface area contributed by atoms with Gasteiger partial charge in [-0.3, -0.25) is 9.78 Å². The maximum Gasteiger partial charge on any atom is 0.273 e. The standard InChI is InChI=1S/C26H28N4O4/c1-18-13-22(32-2)21(15-27-18)29-11-12-30(26(17-29)9-10-26)25(31)20-14-23(33-3)24(16-28-20)34-19-7-5-4-6-8-19/h4-8,13-16H,9-12,17H2,1-3H3. The lowest BCUT2D eigenvalue weighted by molar-refractivity contribution is 0.0617. The molecule has 0 unspecified atom stereocenters. The van der Waals surface area contributed by atoms with Crippen molar-refractivity contribution in [3.8, 4) is 23.0 Å². The number of methoxy groups -OCH3 is 2. The zero-order chi connectivity index (χ0) is 23.7. The Balaban J connectivity index is 1.35. The number of benzene rings is 1. The normalized spacial score (nSPS) is 16.3. The number of rotatable bonds is 6. The summed E-state index contributed by atoms with van der Waals surface area (Å²) < 4.78 is 17.0. The highest BCUT2D eigenvalue weighted by atomic mass is 16.5. The molecule has 34 heavy (non-hydrogen) atoms. The number of hydrogen-bond donors (Lipinski definition) is 0. The first-order chi connectivity index (χ1) is 16.5. The monoisotopic (exact) mass is 460 g/mol. The topological polar surface area (TPSA) is 77.0 Å². The molecule has 0 radical (unpaired) electrons. The van der Waals surface area contributed by atoms with Crippen LogP contribution in [0.3, 0.4) is 0 Å². The van der Waals surface area contributed by atoms with Gasteiger partial charge in [-0.05, 0) is 31.9 Å². The number of anilines is 1. The van der Waals surface area contributed by atoms with E-state index in [9.17, 15) is 4.79 Å². The van der Waals surface area contributed by atoms with E-state index >= 15 is 0 Å². The molecule has 1 aliphatic heterocycles. The Morgan fingerprint density at radius 3 is 2.41 bits per heavy atom. The molecule has 0 atom stereocenters. The molecule has 1 amide bonds. The number of aryl methyl sites for hydroxylation is 1. The molecule has 2 aromatic heterocycles. The summed E-state index contributed by atoms with van der Waals surface area (Å²) in [5, 5.41) is 0. The summed E-state index contributed by atoms with van der Waals surface area (Å²) in [7, 11) is 3.24. The summed E-state index contributed by atoms with van der Waals surface area (Å²) in [6.07, 6.45) is 5.34. The second kappa shape index (κ2) is 8.85. The number of pyridine rings is 2. The van der Waals surface area contributed by atoms with E-state index < -0.39 is 0 Å². The Bertz CT molecular complexity index is 1200. The van der Waals surface area contributed by atoms with Crippen LogP contribution < -0.4 is 19.1 Å². The van der Waals surface area contributed by atoms with Gasteiger partial charge in [0.2, 0.25) is 0 Å². The number of carbonyl (C=O) groups excluding carboxylic acids is 1. The molecule has 8 nitrogen and oxygen atoms in total. The second-order valence-electron chi connectivity index (χ2n) is 8.74. The number of carbonyl (C=O) groups is 1. The van der Waals surface area contributed by atoms with Crippen molar-refractivity contribution in [2.45, 2.75) is 25.3 Å². The lowest BCUT2D eigenvalue weighted by Gasteiger charge is -2.43. The maximum absolute atomic E-state index is 13.5. The molecule has 1 saturated heterocycles. The van der Waals surface area contributed by atoms with Crippen LogP contribution in [0.15, 0.2) is 54.9 Å². The van der Waals surface area contributed by atoms with Crippen molar-refractivity contribution in [1.82, 2.24) is 14.9 Å². The first-order valence-corrected chi connectivity index (χ1v) is 11.4. The van der Waals surface area contributed by atoms with Crippen LogP contribution in [0.25, 0.3) is 0 Å². The Morgan fingerprint density at radius 2 is 1.71 bits per heavy atom. The van der Waals surface area contributed by atoms with Crippen LogP contribution in [0.5, 0.6) is 23.0 Å². The molecule has 176 valence electrons. The van der Waals surface area contributed by atoms with Crippen molar-refractivity contribution in [3.63, 3.8) is 0 Å². The molecule has 1 spiro atoms. The molecule has 3 aromatic rings. The average molecular weight is 461 g/mol. The van der Waals surface area contributed by atoms with E-state index in [0.717, 1.165) is 36.5 Å². The van der Waals surface area contributed by atoms with Crippen molar-refractivity contribution in [3.05, 3.63) is 66.2 Å². The number of hydrogen-bond acceptors (Lipinski definition) is 7. The predicted octanol–water partition coefficient (Wildman–Crippen LogP) is 4.09. The second-order valence-corrected chi connectivity index (χ2v) is 8.74. The molecule has 1 aromatic carbocycles. The maximum atomic E-state index is 13.5. The molecule has 3 heterocycles.